The molecule has 0 amide bonds. The molecular formula is C24H19FN4O2. The minimum atomic E-state index is -0.563. The van der Waals surface area contributed by atoms with E-state index in [2.05, 4.69) is 19.9 Å². The number of ether oxygens (including phenoxy) is 1. The van der Waals surface area contributed by atoms with Crippen LogP contribution in [-0.4, -0.2) is 38.0 Å². The van der Waals surface area contributed by atoms with E-state index in [1.807, 2.05) is 24.3 Å². The zero-order chi connectivity index (χ0) is 20.9. The number of benzene rings is 2. The average molecular weight is 414 g/mol. The fraction of sp³-hybridized carbons (Fsp3) is 0.208. The predicted molar refractivity (Wildman–Crippen MR) is 115 cm³/mol. The van der Waals surface area contributed by atoms with Crippen molar-refractivity contribution in [3.05, 3.63) is 66.1 Å². The SMILES string of the molecule is Oc1cc(-c2ncc3cnc(OC4=C5CCCN5CC4)nc3c2F)c2ccccc2c1. The van der Waals surface area contributed by atoms with Gasteiger partial charge in [-0.05, 0) is 35.7 Å². The molecule has 1 fully saturated rings. The van der Waals surface area contributed by atoms with Gasteiger partial charge in [0.25, 0.3) is 0 Å². The second-order valence-corrected chi connectivity index (χ2v) is 7.90. The molecule has 154 valence electrons. The van der Waals surface area contributed by atoms with E-state index in [-0.39, 0.29) is 23.0 Å². The Balaban J connectivity index is 1.46. The van der Waals surface area contributed by atoms with Crippen LogP contribution in [0.1, 0.15) is 19.3 Å². The Morgan fingerprint density at radius 2 is 1.87 bits per heavy atom. The second-order valence-electron chi connectivity index (χ2n) is 7.90. The van der Waals surface area contributed by atoms with E-state index in [4.69, 9.17) is 4.74 Å². The van der Waals surface area contributed by atoms with E-state index in [1.165, 1.54) is 18.0 Å². The molecule has 1 N–H and O–H groups in total. The van der Waals surface area contributed by atoms with Gasteiger partial charge in [0.05, 0.1) is 5.70 Å². The van der Waals surface area contributed by atoms with Crippen molar-refractivity contribution in [3.8, 4) is 23.0 Å². The number of rotatable bonds is 3. The number of halogens is 1. The van der Waals surface area contributed by atoms with Crippen molar-refractivity contribution in [2.24, 2.45) is 0 Å². The highest BCUT2D eigenvalue weighted by Gasteiger charge is 2.28. The fourth-order valence-electron chi connectivity index (χ4n) is 4.57. The summed E-state index contributed by atoms with van der Waals surface area (Å²) in [6.07, 6.45) is 6.02. The lowest BCUT2D eigenvalue weighted by Gasteiger charge is -2.12. The maximum Gasteiger partial charge on any atom is 0.322 e. The van der Waals surface area contributed by atoms with Gasteiger partial charge in [0.1, 0.15) is 22.7 Å². The highest BCUT2D eigenvalue weighted by atomic mass is 19.1. The number of hydrogen-bond donors (Lipinski definition) is 1. The maximum absolute atomic E-state index is 15.6. The topological polar surface area (TPSA) is 71.4 Å². The minimum absolute atomic E-state index is 0.0532. The lowest BCUT2D eigenvalue weighted by Crippen LogP contribution is -2.13. The van der Waals surface area contributed by atoms with Crippen molar-refractivity contribution in [1.29, 1.82) is 0 Å². The number of allylic oxidation sites excluding steroid dienone is 1. The molecule has 6 nitrogen and oxygen atoms in total. The van der Waals surface area contributed by atoms with Gasteiger partial charge in [-0.15, -0.1) is 0 Å². The summed E-state index contributed by atoms with van der Waals surface area (Å²) >= 11 is 0. The smallest absolute Gasteiger partial charge is 0.322 e. The summed E-state index contributed by atoms with van der Waals surface area (Å²) in [5.74, 6) is 0.370. The van der Waals surface area contributed by atoms with Gasteiger partial charge in [-0.25, -0.2) is 9.37 Å². The van der Waals surface area contributed by atoms with Crippen LogP contribution in [0.2, 0.25) is 0 Å². The van der Waals surface area contributed by atoms with Crippen LogP contribution in [0.15, 0.2) is 60.2 Å². The predicted octanol–water partition coefficient (Wildman–Crippen LogP) is 4.78. The minimum Gasteiger partial charge on any atom is -0.508 e. The number of nitrogens with zero attached hydrogens (tertiary/aromatic N) is 4. The van der Waals surface area contributed by atoms with Gasteiger partial charge in [0.2, 0.25) is 0 Å². The van der Waals surface area contributed by atoms with Crippen molar-refractivity contribution in [1.82, 2.24) is 19.9 Å². The van der Waals surface area contributed by atoms with Crippen LogP contribution < -0.4 is 4.74 Å². The Morgan fingerprint density at radius 1 is 1.00 bits per heavy atom. The number of aromatic hydroxyl groups is 1. The van der Waals surface area contributed by atoms with E-state index < -0.39 is 5.82 Å². The first-order valence-corrected chi connectivity index (χ1v) is 10.4. The molecule has 6 rings (SSSR count). The van der Waals surface area contributed by atoms with Crippen molar-refractivity contribution in [2.45, 2.75) is 19.3 Å². The number of fused-ring (bicyclic) bond motifs is 3. The summed E-state index contributed by atoms with van der Waals surface area (Å²) < 4.78 is 21.6. The third kappa shape index (κ3) is 2.96. The van der Waals surface area contributed by atoms with Crippen LogP contribution in [0.5, 0.6) is 11.8 Å². The Kier molecular flexibility index (Phi) is 4.02. The Hall–Kier alpha value is -3.74. The molecule has 2 aromatic carbocycles. The summed E-state index contributed by atoms with van der Waals surface area (Å²) in [5, 5.41) is 12.2. The lowest BCUT2D eigenvalue weighted by molar-refractivity contribution is 0.378. The van der Waals surface area contributed by atoms with E-state index in [1.54, 1.807) is 12.3 Å². The van der Waals surface area contributed by atoms with E-state index in [9.17, 15) is 5.11 Å². The molecule has 0 radical (unpaired) electrons. The first-order valence-electron chi connectivity index (χ1n) is 10.4. The summed E-state index contributed by atoms with van der Waals surface area (Å²) in [7, 11) is 0. The number of phenols is 1. The summed E-state index contributed by atoms with van der Waals surface area (Å²) in [4.78, 5) is 15.3. The molecule has 0 aliphatic carbocycles. The van der Waals surface area contributed by atoms with Crippen LogP contribution in [0.25, 0.3) is 32.9 Å². The molecular weight excluding hydrogens is 395 g/mol. The van der Waals surface area contributed by atoms with Crippen molar-refractivity contribution < 1.29 is 14.2 Å². The van der Waals surface area contributed by atoms with Crippen molar-refractivity contribution in [3.63, 3.8) is 0 Å². The van der Waals surface area contributed by atoms with Crippen molar-refractivity contribution in [2.75, 3.05) is 13.1 Å². The number of pyridine rings is 1. The number of aromatic nitrogens is 3. The quantitative estimate of drug-likeness (QED) is 0.520. The summed E-state index contributed by atoms with van der Waals surface area (Å²) in [6, 6.07) is 10.8. The number of phenolic OH excluding ortho intramolecular Hbond substituents is 1. The van der Waals surface area contributed by atoms with Crippen LogP contribution in [0.3, 0.4) is 0 Å². The highest BCUT2D eigenvalue weighted by Crippen LogP contribution is 2.36. The first-order chi connectivity index (χ1) is 15.2. The molecule has 2 aliphatic rings. The van der Waals surface area contributed by atoms with Crippen LogP contribution in [0, 0.1) is 5.82 Å². The molecule has 1 saturated heterocycles. The first kappa shape index (κ1) is 18.1. The van der Waals surface area contributed by atoms with Gasteiger partial charge in [-0.1, -0.05) is 24.3 Å². The molecule has 2 aliphatic heterocycles. The second kappa shape index (κ2) is 6.91. The van der Waals surface area contributed by atoms with Crippen molar-refractivity contribution >= 4 is 21.7 Å². The molecule has 0 bridgehead atoms. The molecule has 2 aromatic heterocycles. The fourth-order valence-corrected chi connectivity index (χ4v) is 4.57. The third-order valence-electron chi connectivity index (χ3n) is 6.01. The largest absolute Gasteiger partial charge is 0.508 e. The molecule has 0 unspecified atom stereocenters. The van der Waals surface area contributed by atoms with Gasteiger partial charge in [-0.3, -0.25) is 4.98 Å². The Labute approximate surface area is 177 Å². The summed E-state index contributed by atoms with van der Waals surface area (Å²) in [5.41, 5.74) is 2.01. The van der Waals surface area contributed by atoms with Crippen LogP contribution >= 0.6 is 0 Å². The van der Waals surface area contributed by atoms with Gasteiger partial charge in [-0.2, -0.15) is 4.98 Å². The highest BCUT2D eigenvalue weighted by molar-refractivity contribution is 5.98. The zero-order valence-electron chi connectivity index (χ0n) is 16.7. The Morgan fingerprint density at radius 3 is 2.81 bits per heavy atom. The Bertz CT molecular complexity index is 1390. The molecule has 0 saturated carbocycles. The molecule has 0 spiro atoms. The van der Waals surface area contributed by atoms with Gasteiger partial charge in [0, 0.05) is 42.9 Å². The van der Waals surface area contributed by atoms with Crippen LogP contribution in [-0.2, 0) is 0 Å². The van der Waals surface area contributed by atoms with Crippen LogP contribution in [0.4, 0.5) is 4.39 Å². The van der Waals surface area contributed by atoms with Gasteiger partial charge in [0.15, 0.2) is 5.82 Å². The van der Waals surface area contributed by atoms with E-state index in [0.29, 0.717) is 10.9 Å². The van der Waals surface area contributed by atoms with E-state index >= 15 is 4.39 Å². The molecule has 0 atom stereocenters. The molecule has 31 heavy (non-hydrogen) atoms. The number of hydrogen-bond acceptors (Lipinski definition) is 6. The molecule has 7 heteroatoms. The molecule has 4 aromatic rings. The maximum atomic E-state index is 15.6. The van der Waals surface area contributed by atoms with Gasteiger partial charge < -0.3 is 14.7 Å². The summed E-state index contributed by atoms with van der Waals surface area (Å²) in [6.45, 7) is 2.01. The third-order valence-corrected chi connectivity index (χ3v) is 6.01. The van der Waals surface area contributed by atoms with Gasteiger partial charge >= 0.3 is 6.01 Å². The monoisotopic (exact) mass is 414 g/mol. The lowest BCUT2D eigenvalue weighted by atomic mass is 10.0. The molecule has 4 heterocycles. The normalized spacial score (nSPS) is 15.8. The average Bonchev–Trinajstić information content (AvgIpc) is 3.39. The zero-order valence-corrected chi connectivity index (χ0v) is 16.7. The standard InChI is InChI=1S/C24H19FN4O2/c25-21-22-15(13-27-24(28-22)31-20-7-9-29-8-3-6-19(20)29)12-26-23(21)18-11-16(30)10-14-4-1-2-5-17(14)18/h1-2,4-5,10-13,30H,3,6-9H2. The van der Waals surface area contributed by atoms with E-state index in [0.717, 1.165) is 48.9 Å².